The van der Waals surface area contributed by atoms with Gasteiger partial charge in [-0.3, -0.25) is 4.90 Å². The summed E-state index contributed by atoms with van der Waals surface area (Å²) in [4.78, 5) is 6.45. The molecule has 146 valence electrons. The van der Waals surface area contributed by atoms with E-state index < -0.39 is 0 Å². The molecular weight excluding hydrogens is 342 g/mol. The molecule has 1 fully saturated rings. The minimum atomic E-state index is 0.461. The van der Waals surface area contributed by atoms with Gasteiger partial charge < -0.3 is 25.9 Å². The molecule has 0 amide bonds. The van der Waals surface area contributed by atoms with Gasteiger partial charge in [-0.05, 0) is 12.5 Å². The minimum absolute atomic E-state index is 0.461. The average molecular weight is 371 g/mol. The van der Waals surface area contributed by atoms with Crippen LogP contribution < -0.4 is 15.8 Å². The van der Waals surface area contributed by atoms with Crippen molar-refractivity contribution in [3.63, 3.8) is 0 Å². The third kappa shape index (κ3) is 7.64. The fourth-order valence-corrected chi connectivity index (χ4v) is 2.61. The van der Waals surface area contributed by atoms with E-state index in [1.165, 1.54) is 11.8 Å². The number of benzene rings is 1. The molecule has 7 nitrogen and oxygen atoms in total. The highest BCUT2D eigenvalue weighted by Gasteiger charge is 2.10. The van der Waals surface area contributed by atoms with Crippen molar-refractivity contribution in [3.05, 3.63) is 47.5 Å². The van der Waals surface area contributed by atoms with Crippen LogP contribution in [0, 0.1) is 12.3 Å². The lowest BCUT2D eigenvalue weighted by atomic mass is 10.2. The van der Waals surface area contributed by atoms with E-state index in [2.05, 4.69) is 15.2 Å². The fraction of sp³-hybridized carbons (Fsp3) is 0.400. The lowest BCUT2D eigenvalue weighted by Crippen LogP contribution is -2.38. The van der Waals surface area contributed by atoms with Gasteiger partial charge in [-0.1, -0.05) is 29.8 Å². The molecule has 1 aromatic carbocycles. The van der Waals surface area contributed by atoms with Gasteiger partial charge in [0.25, 0.3) is 0 Å². The van der Waals surface area contributed by atoms with Crippen LogP contribution in [-0.4, -0.2) is 62.6 Å². The van der Waals surface area contributed by atoms with E-state index in [9.17, 15) is 0 Å². The highest BCUT2D eigenvalue weighted by atomic mass is 16.5. The van der Waals surface area contributed by atoms with Crippen molar-refractivity contribution in [2.45, 2.75) is 6.92 Å². The van der Waals surface area contributed by atoms with E-state index in [1.807, 2.05) is 44.3 Å². The van der Waals surface area contributed by atoms with Crippen LogP contribution in [0.3, 0.4) is 0 Å². The van der Waals surface area contributed by atoms with E-state index in [0.717, 1.165) is 44.1 Å². The number of nitrogens with zero attached hydrogens (tertiary/aromatic N) is 2. The molecular formula is C20H29N5O2. The number of rotatable bonds is 6. The van der Waals surface area contributed by atoms with Gasteiger partial charge in [0.2, 0.25) is 5.88 Å². The monoisotopic (exact) mass is 371 g/mol. The maximum atomic E-state index is 6.92. The first-order chi connectivity index (χ1) is 13.1. The first-order valence-electron chi connectivity index (χ1n) is 9.06. The Hall–Kier alpha value is -2.64. The SMILES string of the molecule is CNc1cc(N)nc(OCCN2CCOCC2)c1.Cc1cccc(C=N)c1. The van der Waals surface area contributed by atoms with Crippen LogP contribution in [0.15, 0.2) is 36.4 Å². The number of pyridine rings is 1. The zero-order valence-electron chi connectivity index (χ0n) is 16.1. The molecule has 4 N–H and O–H groups in total. The largest absolute Gasteiger partial charge is 0.476 e. The number of hydrogen-bond acceptors (Lipinski definition) is 7. The van der Waals surface area contributed by atoms with Gasteiger partial charge in [0, 0.05) is 50.7 Å². The molecule has 0 spiro atoms. The molecule has 1 aromatic heterocycles. The minimum Gasteiger partial charge on any atom is -0.476 e. The lowest BCUT2D eigenvalue weighted by Gasteiger charge is -2.26. The van der Waals surface area contributed by atoms with Crippen LogP contribution in [0.2, 0.25) is 0 Å². The van der Waals surface area contributed by atoms with Crippen LogP contribution in [0.4, 0.5) is 11.5 Å². The van der Waals surface area contributed by atoms with Gasteiger partial charge in [-0.15, -0.1) is 0 Å². The van der Waals surface area contributed by atoms with Crippen LogP contribution in [-0.2, 0) is 4.74 Å². The van der Waals surface area contributed by atoms with Crippen LogP contribution in [0.5, 0.6) is 5.88 Å². The molecule has 0 aliphatic carbocycles. The molecule has 2 heterocycles. The Kier molecular flexibility index (Phi) is 8.54. The molecule has 0 unspecified atom stereocenters. The van der Waals surface area contributed by atoms with Crippen molar-refractivity contribution in [1.29, 1.82) is 5.41 Å². The standard InChI is InChI=1S/C12H20N4O2.C8H9N/c1-14-10-8-11(13)15-12(9-10)18-7-4-16-2-5-17-6-3-16;1-7-3-2-4-8(5-7)6-9/h8-9H,2-7H2,1H3,(H3,13,14,15);2-6,9H,1H3. The summed E-state index contributed by atoms with van der Waals surface area (Å²) in [6.07, 6.45) is 1.35. The van der Waals surface area contributed by atoms with Gasteiger partial charge >= 0.3 is 0 Å². The van der Waals surface area contributed by atoms with E-state index in [4.69, 9.17) is 20.6 Å². The second-order valence-corrected chi connectivity index (χ2v) is 6.23. The number of aryl methyl sites for hydroxylation is 1. The number of anilines is 2. The van der Waals surface area contributed by atoms with E-state index in [1.54, 1.807) is 6.07 Å². The number of nitrogen functional groups attached to an aromatic ring is 1. The maximum Gasteiger partial charge on any atom is 0.217 e. The van der Waals surface area contributed by atoms with E-state index in [0.29, 0.717) is 18.3 Å². The van der Waals surface area contributed by atoms with Crippen molar-refractivity contribution in [1.82, 2.24) is 9.88 Å². The Morgan fingerprint density at radius 1 is 1.30 bits per heavy atom. The zero-order valence-corrected chi connectivity index (χ0v) is 16.1. The molecule has 1 aliphatic heterocycles. The summed E-state index contributed by atoms with van der Waals surface area (Å²) >= 11 is 0. The van der Waals surface area contributed by atoms with E-state index in [-0.39, 0.29) is 0 Å². The summed E-state index contributed by atoms with van der Waals surface area (Å²) in [5.41, 5.74) is 8.77. The summed E-state index contributed by atoms with van der Waals surface area (Å²) in [6.45, 7) is 7.06. The van der Waals surface area contributed by atoms with Crippen molar-refractivity contribution < 1.29 is 9.47 Å². The number of ether oxygens (including phenoxy) is 2. The van der Waals surface area contributed by atoms with Gasteiger partial charge in [-0.25, -0.2) is 0 Å². The molecule has 1 saturated heterocycles. The summed E-state index contributed by atoms with van der Waals surface area (Å²) < 4.78 is 10.9. The first kappa shape index (κ1) is 20.7. The van der Waals surface area contributed by atoms with E-state index >= 15 is 0 Å². The molecule has 3 rings (SSSR count). The zero-order chi connectivity index (χ0) is 19.5. The van der Waals surface area contributed by atoms with Gasteiger partial charge in [-0.2, -0.15) is 4.98 Å². The molecule has 7 heteroatoms. The number of aromatic nitrogens is 1. The third-order valence-electron chi connectivity index (χ3n) is 4.08. The van der Waals surface area contributed by atoms with Gasteiger partial charge in [0.05, 0.1) is 13.2 Å². The lowest BCUT2D eigenvalue weighted by molar-refractivity contribution is 0.0320. The molecule has 0 atom stereocenters. The molecule has 27 heavy (non-hydrogen) atoms. The molecule has 0 bridgehead atoms. The number of nitrogens with one attached hydrogen (secondary N) is 2. The molecule has 0 saturated carbocycles. The smallest absolute Gasteiger partial charge is 0.217 e. The van der Waals surface area contributed by atoms with Gasteiger partial charge in [0.1, 0.15) is 12.4 Å². The number of nitrogens with two attached hydrogens (primary N) is 1. The average Bonchev–Trinajstić information content (AvgIpc) is 2.69. The van der Waals surface area contributed by atoms with Crippen LogP contribution in [0.25, 0.3) is 0 Å². The molecule has 1 aliphatic rings. The number of hydrogen-bond donors (Lipinski definition) is 3. The van der Waals surface area contributed by atoms with Crippen molar-refractivity contribution >= 4 is 17.7 Å². The summed E-state index contributed by atoms with van der Waals surface area (Å²) in [7, 11) is 1.84. The first-order valence-corrected chi connectivity index (χ1v) is 9.06. The Balaban J connectivity index is 0.000000244. The third-order valence-corrected chi connectivity index (χ3v) is 4.08. The Bertz CT molecular complexity index is 717. The van der Waals surface area contributed by atoms with Crippen molar-refractivity contribution in [3.8, 4) is 5.88 Å². The predicted molar refractivity (Wildman–Crippen MR) is 110 cm³/mol. The normalized spacial score (nSPS) is 14.0. The van der Waals surface area contributed by atoms with Crippen LogP contribution >= 0.6 is 0 Å². The second kappa shape index (κ2) is 11.2. The predicted octanol–water partition coefficient (Wildman–Crippen LogP) is 2.41. The maximum absolute atomic E-state index is 6.92. The highest BCUT2D eigenvalue weighted by molar-refractivity contribution is 5.76. The second-order valence-electron chi connectivity index (χ2n) is 6.23. The molecule has 2 aromatic rings. The van der Waals surface area contributed by atoms with Crippen molar-refractivity contribution in [2.75, 3.05) is 57.6 Å². The fourth-order valence-electron chi connectivity index (χ4n) is 2.61. The summed E-state index contributed by atoms with van der Waals surface area (Å²) in [6, 6.07) is 11.5. The topological polar surface area (TPSA) is 96.5 Å². The quantitative estimate of drug-likeness (QED) is 0.675. The van der Waals surface area contributed by atoms with Crippen LogP contribution in [0.1, 0.15) is 11.1 Å². The summed E-state index contributed by atoms with van der Waals surface area (Å²) in [5, 5.41) is 9.94. The highest BCUT2D eigenvalue weighted by Crippen LogP contribution is 2.17. The van der Waals surface area contributed by atoms with Gasteiger partial charge in [0.15, 0.2) is 0 Å². The molecule has 0 radical (unpaired) electrons. The Labute approximate surface area is 161 Å². The number of morpholine rings is 1. The Morgan fingerprint density at radius 3 is 2.70 bits per heavy atom. The van der Waals surface area contributed by atoms with Crippen molar-refractivity contribution in [2.24, 2.45) is 0 Å². The Morgan fingerprint density at radius 2 is 2.07 bits per heavy atom. The summed E-state index contributed by atoms with van der Waals surface area (Å²) in [5.74, 6) is 1.02.